The molecule has 2 atom stereocenters. The van der Waals surface area contributed by atoms with Crippen molar-refractivity contribution in [2.24, 2.45) is 0 Å². The summed E-state index contributed by atoms with van der Waals surface area (Å²) in [4.78, 5) is 0. The largest absolute Gasteiger partial charge is 0.390 e. The molecule has 3 nitrogen and oxygen atoms in total. The zero-order valence-corrected chi connectivity index (χ0v) is 9.34. The Kier molecular flexibility index (Phi) is 4.34. The van der Waals surface area contributed by atoms with Gasteiger partial charge in [0.25, 0.3) is 0 Å². The third-order valence-corrected chi connectivity index (χ3v) is 2.83. The fraction of sp³-hybridized carbons (Fsp3) is 0.538. The molecule has 0 saturated carbocycles. The van der Waals surface area contributed by atoms with Gasteiger partial charge in [-0.3, -0.25) is 0 Å². The van der Waals surface area contributed by atoms with Crippen molar-refractivity contribution in [2.75, 3.05) is 13.2 Å². The molecule has 1 aromatic rings. The first-order valence-corrected chi connectivity index (χ1v) is 5.77. The number of aliphatic hydroxyl groups is 1. The van der Waals surface area contributed by atoms with Crippen molar-refractivity contribution in [3.05, 3.63) is 35.9 Å². The van der Waals surface area contributed by atoms with Crippen molar-refractivity contribution in [1.82, 2.24) is 0 Å². The van der Waals surface area contributed by atoms with Gasteiger partial charge in [0.1, 0.15) is 0 Å². The van der Waals surface area contributed by atoms with Crippen LogP contribution in [-0.4, -0.2) is 30.5 Å². The summed E-state index contributed by atoms with van der Waals surface area (Å²) in [7, 11) is 0. The number of hydrogen-bond acceptors (Lipinski definition) is 3. The fourth-order valence-corrected chi connectivity index (χ4v) is 1.88. The van der Waals surface area contributed by atoms with Crippen molar-refractivity contribution in [3.63, 3.8) is 0 Å². The maximum atomic E-state index is 9.52. The first kappa shape index (κ1) is 11.6. The predicted octanol–water partition coefficient (Wildman–Crippen LogP) is 1.74. The van der Waals surface area contributed by atoms with Gasteiger partial charge in [-0.1, -0.05) is 30.3 Å². The molecule has 3 heteroatoms. The van der Waals surface area contributed by atoms with Crippen LogP contribution in [0.1, 0.15) is 18.4 Å². The summed E-state index contributed by atoms with van der Waals surface area (Å²) in [5.41, 5.74) is 1.18. The van der Waals surface area contributed by atoms with E-state index >= 15 is 0 Å². The monoisotopic (exact) mass is 222 g/mol. The minimum absolute atomic E-state index is 0.0317. The Balaban J connectivity index is 1.62. The Morgan fingerprint density at radius 2 is 2.12 bits per heavy atom. The van der Waals surface area contributed by atoms with Crippen LogP contribution in [0.15, 0.2) is 30.3 Å². The van der Waals surface area contributed by atoms with Gasteiger partial charge in [0.2, 0.25) is 0 Å². The summed E-state index contributed by atoms with van der Waals surface area (Å²) in [6.07, 6.45) is 1.19. The average molecular weight is 222 g/mol. The van der Waals surface area contributed by atoms with Crippen molar-refractivity contribution < 1.29 is 14.6 Å². The summed E-state index contributed by atoms with van der Waals surface area (Å²) in [5.74, 6) is 0. The number of aliphatic hydroxyl groups excluding tert-OH is 1. The van der Waals surface area contributed by atoms with Crippen LogP contribution in [0.3, 0.4) is 0 Å². The minimum Gasteiger partial charge on any atom is -0.390 e. The second kappa shape index (κ2) is 5.99. The summed E-state index contributed by atoms with van der Waals surface area (Å²) >= 11 is 0. The molecular formula is C13H18O3. The van der Waals surface area contributed by atoms with Crippen LogP contribution in [0, 0.1) is 0 Å². The SMILES string of the molecule is O[C@H]1CCO[C@H]1CCOCc1ccccc1. The van der Waals surface area contributed by atoms with Gasteiger partial charge >= 0.3 is 0 Å². The molecule has 1 aromatic carbocycles. The lowest BCUT2D eigenvalue weighted by molar-refractivity contribution is 0.00979. The van der Waals surface area contributed by atoms with Crippen molar-refractivity contribution in [2.45, 2.75) is 31.7 Å². The molecule has 0 amide bonds. The molecule has 1 saturated heterocycles. The van der Waals surface area contributed by atoms with Crippen LogP contribution in [0.25, 0.3) is 0 Å². The van der Waals surface area contributed by atoms with Gasteiger partial charge in [-0.2, -0.15) is 0 Å². The molecule has 0 spiro atoms. The van der Waals surface area contributed by atoms with Gasteiger partial charge in [-0.15, -0.1) is 0 Å². The quantitative estimate of drug-likeness (QED) is 0.771. The molecule has 0 bridgehead atoms. The van der Waals surface area contributed by atoms with Gasteiger partial charge in [0.05, 0.1) is 18.8 Å². The van der Waals surface area contributed by atoms with Crippen LogP contribution < -0.4 is 0 Å². The topological polar surface area (TPSA) is 38.7 Å². The lowest BCUT2D eigenvalue weighted by Crippen LogP contribution is -2.22. The van der Waals surface area contributed by atoms with Crippen LogP contribution in [0.5, 0.6) is 0 Å². The Morgan fingerprint density at radius 3 is 2.81 bits per heavy atom. The van der Waals surface area contributed by atoms with E-state index in [2.05, 4.69) is 0 Å². The highest BCUT2D eigenvalue weighted by Gasteiger charge is 2.25. The van der Waals surface area contributed by atoms with Crippen LogP contribution in [0.2, 0.25) is 0 Å². The molecule has 1 N–H and O–H groups in total. The minimum atomic E-state index is -0.305. The summed E-state index contributed by atoms with van der Waals surface area (Å²) in [6.45, 7) is 1.94. The van der Waals surface area contributed by atoms with E-state index in [0.29, 0.717) is 19.8 Å². The van der Waals surface area contributed by atoms with E-state index in [4.69, 9.17) is 9.47 Å². The molecule has 0 aromatic heterocycles. The van der Waals surface area contributed by atoms with Crippen LogP contribution in [0.4, 0.5) is 0 Å². The number of benzene rings is 1. The van der Waals surface area contributed by atoms with Crippen LogP contribution >= 0.6 is 0 Å². The molecule has 0 radical (unpaired) electrons. The zero-order chi connectivity index (χ0) is 11.2. The molecule has 1 aliphatic heterocycles. The maximum Gasteiger partial charge on any atom is 0.0856 e. The van der Waals surface area contributed by atoms with Crippen molar-refractivity contribution in [3.8, 4) is 0 Å². The molecular weight excluding hydrogens is 204 g/mol. The zero-order valence-electron chi connectivity index (χ0n) is 9.34. The van der Waals surface area contributed by atoms with E-state index in [1.54, 1.807) is 0 Å². The molecule has 1 aliphatic rings. The Hall–Kier alpha value is -0.900. The average Bonchev–Trinajstić information content (AvgIpc) is 2.72. The lowest BCUT2D eigenvalue weighted by Gasteiger charge is -2.13. The number of rotatable bonds is 5. The Labute approximate surface area is 96.0 Å². The molecule has 0 aliphatic carbocycles. The maximum absolute atomic E-state index is 9.52. The normalized spacial score (nSPS) is 24.8. The number of ether oxygens (including phenoxy) is 2. The predicted molar refractivity (Wildman–Crippen MR) is 61.1 cm³/mol. The van der Waals surface area contributed by atoms with E-state index in [0.717, 1.165) is 12.8 Å². The third kappa shape index (κ3) is 3.30. The Bertz CT molecular complexity index is 299. The fourth-order valence-electron chi connectivity index (χ4n) is 1.88. The molecule has 0 unspecified atom stereocenters. The highest BCUT2D eigenvalue weighted by atomic mass is 16.5. The van der Waals surface area contributed by atoms with E-state index < -0.39 is 0 Å². The van der Waals surface area contributed by atoms with Gasteiger partial charge in [-0.05, 0) is 18.4 Å². The molecule has 88 valence electrons. The standard InChI is InChI=1S/C13H18O3/c14-12-6-9-16-13(12)7-8-15-10-11-4-2-1-3-5-11/h1-5,12-14H,6-10H2/t12-,13-/m0/s1. The first-order chi connectivity index (χ1) is 7.86. The lowest BCUT2D eigenvalue weighted by atomic mass is 10.1. The summed E-state index contributed by atoms with van der Waals surface area (Å²) in [5, 5.41) is 9.52. The second-order valence-electron chi connectivity index (χ2n) is 4.09. The molecule has 1 heterocycles. The highest BCUT2D eigenvalue weighted by molar-refractivity contribution is 5.13. The van der Waals surface area contributed by atoms with E-state index in [1.165, 1.54) is 5.56 Å². The van der Waals surface area contributed by atoms with Gasteiger partial charge in [0.15, 0.2) is 0 Å². The third-order valence-electron chi connectivity index (χ3n) is 2.83. The van der Waals surface area contributed by atoms with Gasteiger partial charge in [-0.25, -0.2) is 0 Å². The molecule has 16 heavy (non-hydrogen) atoms. The second-order valence-corrected chi connectivity index (χ2v) is 4.09. The summed E-state index contributed by atoms with van der Waals surface area (Å²) < 4.78 is 10.9. The van der Waals surface area contributed by atoms with E-state index in [9.17, 15) is 5.11 Å². The Morgan fingerprint density at radius 1 is 1.31 bits per heavy atom. The summed E-state index contributed by atoms with van der Waals surface area (Å²) in [6, 6.07) is 10.1. The number of hydrogen-bond donors (Lipinski definition) is 1. The highest BCUT2D eigenvalue weighted by Crippen LogP contribution is 2.16. The smallest absolute Gasteiger partial charge is 0.0856 e. The molecule has 2 rings (SSSR count). The van der Waals surface area contributed by atoms with E-state index in [-0.39, 0.29) is 12.2 Å². The van der Waals surface area contributed by atoms with Crippen molar-refractivity contribution in [1.29, 1.82) is 0 Å². The van der Waals surface area contributed by atoms with Gasteiger partial charge in [0, 0.05) is 13.2 Å². The molecule has 1 fully saturated rings. The van der Waals surface area contributed by atoms with Crippen LogP contribution in [-0.2, 0) is 16.1 Å². The van der Waals surface area contributed by atoms with Crippen molar-refractivity contribution >= 4 is 0 Å². The first-order valence-electron chi connectivity index (χ1n) is 5.77. The van der Waals surface area contributed by atoms with Gasteiger partial charge < -0.3 is 14.6 Å². The van der Waals surface area contributed by atoms with E-state index in [1.807, 2.05) is 30.3 Å².